The molecule has 8 heteroatoms. The number of aromatic hydroxyl groups is 1. The van der Waals surface area contributed by atoms with E-state index in [2.05, 4.69) is 0 Å². The molecular weight excluding hydrogens is 364 g/mol. The van der Waals surface area contributed by atoms with Crippen molar-refractivity contribution in [3.8, 4) is 5.75 Å². The topological polar surface area (TPSA) is 77.9 Å². The minimum Gasteiger partial charge on any atom is -0.507 e. The number of carbonyl (C=O) groups excluding carboxylic acids is 1. The number of sulfonamides is 1. The molecule has 2 aromatic rings. The van der Waals surface area contributed by atoms with Crippen LogP contribution in [0.5, 0.6) is 5.75 Å². The molecule has 0 atom stereocenters. The second kappa shape index (κ2) is 7.03. The van der Waals surface area contributed by atoms with Gasteiger partial charge in [0, 0.05) is 26.2 Å². The van der Waals surface area contributed by atoms with Crippen molar-refractivity contribution in [2.24, 2.45) is 0 Å². The highest BCUT2D eigenvalue weighted by atomic mass is 35.5. The summed E-state index contributed by atoms with van der Waals surface area (Å²) in [6, 6.07) is 12.6. The Kier molecular flexibility index (Phi) is 4.99. The summed E-state index contributed by atoms with van der Waals surface area (Å²) in [6.45, 7) is 0.841. The van der Waals surface area contributed by atoms with Crippen molar-refractivity contribution in [3.05, 3.63) is 59.1 Å². The Hall–Kier alpha value is -2.09. The molecule has 0 aromatic heterocycles. The highest BCUT2D eigenvalue weighted by Crippen LogP contribution is 2.25. The van der Waals surface area contributed by atoms with E-state index in [0.717, 1.165) is 0 Å². The van der Waals surface area contributed by atoms with Crippen molar-refractivity contribution in [2.45, 2.75) is 4.90 Å². The van der Waals surface area contributed by atoms with Crippen molar-refractivity contribution in [3.63, 3.8) is 0 Å². The van der Waals surface area contributed by atoms with Gasteiger partial charge in [0.05, 0.1) is 10.6 Å². The molecule has 0 saturated carbocycles. The first-order chi connectivity index (χ1) is 11.9. The van der Waals surface area contributed by atoms with E-state index >= 15 is 0 Å². The Labute approximate surface area is 151 Å². The summed E-state index contributed by atoms with van der Waals surface area (Å²) in [7, 11) is -3.70. The summed E-state index contributed by atoms with van der Waals surface area (Å²) >= 11 is 6.01. The molecule has 6 nitrogen and oxygen atoms in total. The van der Waals surface area contributed by atoms with Gasteiger partial charge >= 0.3 is 0 Å². The van der Waals surface area contributed by atoms with Gasteiger partial charge in [0.15, 0.2) is 0 Å². The molecule has 0 unspecified atom stereocenters. The molecule has 1 N–H and O–H groups in total. The van der Waals surface area contributed by atoms with E-state index in [4.69, 9.17) is 11.6 Å². The molecule has 1 aliphatic rings. The van der Waals surface area contributed by atoms with Crippen molar-refractivity contribution in [2.75, 3.05) is 26.2 Å². The lowest BCUT2D eigenvalue weighted by Crippen LogP contribution is -2.50. The molecule has 1 fully saturated rings. The Morgan fingerprint density at radius 2 is 1.56 bits per heavy atom. The number of piperazine rings is 1. The van der Waals surface area contributed by atoms with E-state index in [9.17, 15) is 18.3 Å². The van der Waals surface area contributed by atoms with E-state index < -0.39 is 10.0 Å². The van der Waals surface area contributed by atoms with Crippen molar-refractivity contribution in [1.29, 1.82) is 0 Å². The highest BCUT2D eigenvalue weighted by molar-refractivity contribution is 7.89. The number of nitrogens with zero attached hydrogens (tertiary/aromatic N) is 2. The second-order valence-electron chi connectivity index (χ2n) is 5.64. The smallest absolute Gasteiger partial charge is 0.257 e. The van der Waals surface area contributed by atoms with Crippen LogP contribution in [0.15, 0.2) is 53.4 Å². The molecule has 0 bridgehead atoms. The van der Waals surface area contributed by atoms with Gasteiger partial charge in [-0.2, -0.15) is 4.31 Å². The quantitative estimate of drug-likeness (QED) is 0.885. The maximum absolute atomic E-state index is 12.7. The number of phenolic OH excluding ortho intramolecular Hbond substituents is 1. The van der Waals surface area contributed by atoms with E-state index in [0.29, 0.717) is 0 Å². The zero-order valence-corrected chi connectivity index (χ0v) is 14.9. The van der Waals surface area contributed by atoms with Gasteiger partial charge in [0.2, 0.25) is 10.0 Å². The summed E-state index contributed by atoms with van der Waals surface area (Å²) in [5.74, 6) is -0.397. The Morgan fingerprint density at radius 1 is 0.960 bits per heavy atom. The van der Waals surface area contributed by atoms with Crippen LogP contribution in [0.1, 0.15) is 10.4 Å². The van der Waals surface area contributed by atoms with Crippen molar-refractivity contribution >= 4 is 27.5 Å². The van der Waals surface area contributed by atoms with Crippen LogP contribution in [0.4, 0.5) is 0 Å². The van der Waals surface area contributed by atoms with Gasteiger partial charge < -0.3 is 10.0 Å². The van der Waals surface area contributed by atoms with Gasteiger partial charge in [0.25, 0.3) is 5.91 Å². The minimum atomic E-state index is -3.70. The molecule has 0 spiro atoms. The molecule has 1 aliphatic heterocycles. The molecular formula is C17H17ClN2O4S. The fourth-order valence-electron chi connectivity index (χ4n) is 2.75. The first-order valence-corrected chi connectivity index (χ1v) is 9.55. The van der Waals surface area contributed by atoms with Crippen LogP contribution in [0.25, 0.3) is 0 Å². The van der Waals surface area contributed by atoms with Gasteiger partial charge in [-0.15, -0.1) is 0 Å². The van der Waals surface area contributed by atoms with Crippen LogP contribution in [-0.4, -0.2) is 54.8 Å². The Balaban J connectivity index is 1.73. The number of phenols is 1. The number of carbonyl (C=O) groups is 1. The standard InChI is InChI=1S/C17H17ClN2O4S/c18-14-6-2-4-8-16(14)25(23,24)20-11-9-19(10-12-20)17(22)13-5-1-3-7-15(13)21/h1-8,21H,9-12H2. The lowest BCUT2D eigenvalue weighted by molar-refractivity contribution is 0.0695. The predicted octanol–water partition coefficient (Wildman–Crippen LogP) is 2.19. The average molecular weight is 381 g/mol. The Morgan fingerprint density at radius 3 is 2.20 bits per heavy atom. The van der Waals surface area contributed by atoms with Gasteiger partial charge in [-0.1, -0.05) is 35.9 Å². The van der Waals surface area contributed by atoms with Crippen molar-refractivity contribution < 1.29 is 18.3 Å². The van der Waals surface area contributed by atoms with E-state index in [1.165, 1.54) is 27.4 Å². The molecule has 0 aliphatic carbocycles. The normalized spacial score (nSPS) is 16.0. The van der Waals surface area contributed by atoms with Crippen LogP contribution in [-0.2, 0) is 10.0 Å². The number of rotatable bonds is 3. The van der Waals surface area contributed by atoms with Crippen LogP contribution >= 0.6 is 11.6 Å². The Bertz CT molecular complexity index is 893. The predicted molar refractivity (Wildman–Crippen MR) is 94.2 cm³/mol. The monoisotopic (exact) mass is 380 g/mol. The fraction of sp³-hybridized carbons (Fsp3) is 0.235. The lowest BCUT2D eigenvalue weighted by Gasteiger charge is -2.34. The van der Waals surface area contributed by atoms with Gasteiger partial charge in [-0.25, -0.2) is 8.42 Å². The number of amides is 1. The third-order valence-electron chi connectivity index (χ3n) is 4.11. The third-order valence-corrected chi connectivity index (χ3v) is 6.51. The zero-order valence-electron chi connectivity index (χ0n) is 13.3. The lowest BCUT2D eigenvalue weighted by atomic mass is 10.1. The molecule has 1 amide bonds. The van der Waals surface area contributed by atoms with Crippen molar-refractivity contribution in [1.82, 2.24) is 9.21 Å². The average Bonchev–Trinajstić information content (AvgIpc) is 2.62. The summed E-state index contributed by atoms with van der Waals surface area (Å²) < 4.78 is 26.7. The van der Waals surface area contributed by atoms with Crippen LogP contribution in [0, 0.1) is 0 Å². The fourth-order valence-corrected chi connectivity index (χ4v) is 4.66. The second-order valence-corrected chi connectivity index (χ2v) is 7.96. The number of para-hydroxylation sites is 1. The molecule has 25 heavy (non-hydrogen) atoms. The van der Waals surface area contributed by atoms with Gasteiger partial charge in [-0.3, -0.25) is 4.79 Å². The number of benzene rings is 2. The minimum absolute atomic E-state index is 0.0668. The van der Waals surface area contributed by atoms with E-state index in [1.54, 1.807) is 30.3 Å². The molecule has 132 valence electrons. The first-order valence-electron chi connectivity index (χ1n) is 7.73. The number of hydrogen-bond acceptors (Lipinski definition) is 4. The molecule has 1 saturated heterocycles. The summed E-state index contributed by atoms with van der Waals surface area (Å²) in [6.07, 6.45) is 0. The number of halogens is 1. The molecule has 0 radical (unpaired) electrons. The summed E-state index contributed by atoms with van der Waals surface area (Å²) in [4.78, 5) is 14.1. The maximum atomic E-state index is 12.7. The molecule has 3 rings (SSSR count). The third kappa shape index (κ3) is 3.49. The zero-order chi connectivity index (χ0) is 18.0. The van der Waals surface area contributed by atoms with Gasteiger partial charge in [-0.05, 0) is 24.3 Å². The van der Waals surface area contributed by atoms with Crippen LogP contribution in [0.2, 0.25) is 5.02 Å². The number of hydrogen-bond donors (Lipinski definition) is 1. The molecule has 1 heterocycles. The van der Waals surface area contributed by atoms with E-state index in [1.807, 2.05) is 0 Å². The van der Waals surface area contributed by atoms with Crippen LogP contribution < -0.4 is 0 Å². The largest absolute Gasteiger partial charge is 0.507 e. The van der Waals surface area contributed by atoms with Crippen LogP contribution in [0.3, 0.4) is 0 Å². The SMILES string of the molecule is O=C(c1ccccc1O)N1CCN(S(=O)(=O)c2ccccc2Cl)CC1. The first kappa shape index (κ1) is 17.7. The van der Waals surface area contributed by atoms with Gasteiger partial charge in [0.1, 0.15) is 10.6 Å². The summed E-state index contributed by atoms with van der Waals surface area (Å²) in [5.41, 5.74) is 0.213. The molecule has 2 aromatic carbocycles. The van der Waals surface area contributed by atoms with E-state index in [-0.39, 0.29) is 53.3 Å². The summed E-state index contributed by atoms with van der Waals surface area (Å²) in [5, 5.41) is 9.98. The maximum Gasteiger partial charge on any atom is 0.257 e. The highest BCUT2D eigenvalue weighted by Gasteiger charge is 2.32.